The fraction of sp³-hybridized carbons (Fsp3) is 0.316. The Bertz CT molecular complexity index is 685. The summed E-state index contributed by atoms with van der Waals surface area (Å²) < 4.78 is 5.61. The zero-order valence-electron chi connectivity index (χ0n) is 14.1. The molecule has 0 saturated carbocycles. The highest BCUT2D eigenvalue weighted by Crippen LogP contribution is 2.24. The smallest absolute Gasteiger partial charge is 0.171 e. The monoisotopic (exact) mass is 328 g/mol. The second-order valence-electron chi connectivity index (χ2n) is 5.61. The van der Waals surface area contributed by atoms with E-state index in [0.717, 1.165) is 11.4 Å². The van der Waals surface area contributed by atoms with Crippen molar-refractivity contribution in [3.8, 4) is 5.75 Å². The van der Waals surface area contributed by atoms with Crippen LogP contribution in [0.25, 0.3) is 0 Å². The van der Waals surface area contributed by atoms with Gasteiger partial charge in [0.05, 0.1) is 18.3 Å². The molecule has 0 aromatic heterocycles. The number of anilines is 1. The van der Waals surface area contributed by atoms with Gasteiger partial charge in [0.2, 0.25) is 0 Å². The first-order chi connectivity index (χ1) is 11.0. The molecule has 0 aliphatic rings. The summed E-state index contributed by atoms with van der Waals surface area (Å²) in [5.41, 5.74) is 4.64. The minimum atomic E-state index is 0.133. The summed E-state index contributed by atoms with van der Waals surface area (Å²) in [6.45, 7) is 8.93. The number of hydrogen-bond acceptors (Lipinski definition) is 2. The molecule has 0 aliphatic heterocycles. The molecule has 122 valence electrons. The van der Waals surface area contributed by atoms with Crippen LogP contribution in [-0.2, 0) is 0 Å². The SMILES string of the molecule is CCOc1ccccc1NC(=S)N[C@H](C)c1cc(C)ccc1C. The summed E-state index contributed by atoms with van der Waals surface area (Å²) in [6, 6.07) is 14.4. The highest BCUT2D eigenvalue weighted by Gasteiger charge is 2.11. The van der Waals surface area contributed by atoms with Gasteiger partial charge >= 0.3 is 0 Å². The number of ether oxygens (including phenoxy) is 1. The van der Waals surface area contributed by atoms with Gasteiger partial charge in [-0.05, 0) is 63.2 Å². The van der Waals surface area contributed by atoms with Gasteiger partial charge in [-0.25, -0.2) is 0 Å². The van der Waals surface area contributed by atoms with E-state index in [2.05, 4.69) is 49.6 Å². The van der Waals surface area contributed by atoms with Crippen LogP contribution < -0.4 is 15.4 Å². The summed E-state index contributed by atoms with van der Waals surface area (Å²) in [5.74, 6) is 0.804. The van der Waals surface area contributed by atoms with Crippen molar-refractivity contribution in [2.45, 2.75) is 33.7 Å². The van der Waals surface area contributed by atoms with Gasteiger partial charge in [-0.1, -0.05) is 35.9 Å². The summed E-state index contributed by atoms with van der Waals surface area (Å²) in [6.07, 6.45) is 0. The number of aryl methyl sites for hydroxylation is 2. The molecule has 4 heteroatoms. The Morgan fingerprint density at radius 1 is 1.17 bits per heavy atom. The maximum Gasteiger partial charge on any atom is 0.171 e. The predicted molar refractivity (Wildman–Crippen MR) is 101 cm³/mol. The number of benzene rings is 2. The number of para-hydroxylation sites is 2. The average Bonchev–Trinajstić information content (AvgIpc) is 2.51. The van der Waals surface area contributed by atoms with Crippen LogP contribution >= 0.6 is 12.2 Å². The number of rotatable bonds is 5. The maximum atomic E-state index is 5.61. The van der Waals surface area contributed by atoms with Gasteiger partial charge in [-0.3, -0.25) is 0 Å². The molecule has 0 heterocycles. The highest BCUT2D eigenvalue weighted by atomic mass is 32.1. The molecule has 3 nitrogen and oxygen atoms in total. The molecule has 0 radical (unpaired) electrons. The van der Waals surface area contributed by atoms with Crippen LogP contribution in [0.2, 0.25) is 0 Å². The largest absolute Gasteiger partial charge is 0.492 e. The Balaban J connectivity index is 2.06. The molecular weight excluding hydrogens is 304 g/mol. The molecule has 2 aromatic rings. The first-order valence-electron chi connectivity index (χ1n) is 7.87. The minimum absolute atomic E-state index is 0.133. The first kappa shape index (κ1) is 17.3. The predicted octanol–water partition coefficient (Wildman–Crippen LogP) is 4.75. The second kappa shape index (κ2) is 7.97. The Morgan fingerprint density at radius 3 is 2.65 bits per heavy atom. The summed E-state index contributed by atoms with van der Waals surface area (Å²) in [7, 11) is 0. The Kier molecular flexibility index (Phi) is 5.99. The van der Waals surface area contributed by atoms with Gasteiger partial charge < -0.3 is 15.4 Å². The van der Waals surface area contributed by atoms with E-state index in [1.807, 2.05) is 31.2 Å². The van der Waals surface area contributed by atoms with Gasteiger partial charge in [0, 0.05) is 0 Å². The molecule has 0 amide bonds. The molecule has 2 aromatic carbocycles. The van der Waals surface area contributed by atoms with Crippen LogP contribution in [0.15, 0.2) is 42.5 Å². The van der Waals surface area contributed by atoms with Crippen molar-refractivity contribution in [1.82, 2.24) is 5.32 Å². The van der Waals surface area contributed by atoms with Gasteiger partial charge in [0.15, 0.2) is 5.11 Å². The summed E-state index contributed by atoms with van der Waals surface area (Å²) in [5, 5.41) is 7.16. The topological polar surface area (TPSA) is 33.3 Å². The van der Waals surface area contributed by atoms with E-state index in [0.29, 0.717) is 11.7 Å². The Morgan fingerprint density at radius 2 is 1.91 bits per heavy atom. The van der Waals surface area contributed by atoms with E-state index >= 15 is 0 Å². The van der Waals surface area contributed by atoms with Crippen molar-refractivity contribution >= 4 is 23.0 Å². The quantitative estimate of drug-likeness (QED) is 0.776. The molecule has 0 fully saturated rings. The van der Waals surface area contributed by atoms with Crippen molar-refractivity contribution in [2.24, 2.45) is 0 Å². The third kappa shape index (κ3) is 4.70. The molecule has 0 aliphatic carbocycles. The Labute approximate surface area is 144 Å². The molecule has 0 spiro atoms. The van der Waals surface area contributed by atoms with Crippen molar-refractivity contribution in [2.75, 3.05) is 11.9 Å². The third-order valence-electron chi connectivity index (χ3n) is 3.68. The minimum Gasteiger partial charge on any atom is -0.492 e. The molecule has 0 bridgehead atoms. The molecule has 1 atom stereocenters. The van der Waals surface area contributed by atoms with E-state index in [1.54, 1.807) is 0 Å². The maximum absolute atomic E-state index is 5.61. The number of nitrogens with one attached hydrogen (secondary N) is 2. The van der Waals surface area contributed by atoms with Crippen molar-refractivity contribution in [3.63, 3.8) is 0 Å². The fourth-order valence-electron chi connectivity index (χ4n) is 2.51. The van der Waals surface area contributed by atoms with Gasteiger partial charge in [0.1, 0.15) is 5.75 Å². The standard InChI is InChI=1S/C19H24N2OS/c1-5-22-18-9-7-6-8-17(18)21-19(23)20-15(4)16-12-13(2)10-11-14(16)3/h6-12,15H,5H2,1-4H3,(H2,20,21,23)/t15-/m1/s1. The van der Waals surface area contributed by atoms with Crippen molar-refractivity contribution in [3.05, 3.63) is 59.2 Å². The first-order valence-corrected chi connectivity index (χ1v) is 8.28. The van der Waals surface area contributed by atoms with Crippen molar-refractivity contribution in [1.29, 1.82) is 0 Å². The third-order valence-corrected chi connectivity index (χ3v) is 3.90. The van der Waals surface area contributed by atoms with E-state index in [-0.39, 0.29) is 6.04 Å². The molecule has 0 unspecified atom stereocenters. The molecule has 2 N–H and O–H groups in total. The summed E-state index contributed by atoms with van der Waals surface area (Å²) >= 11 is 5.45. The second-order valence-corrected chi connectivity index (χ2v) is 6.02. The van der Waals surface area contributed by atoms with E-state index in [1.165, 1.54) is 16.7 Å². The van der Waals surface area contributed by atoms with Gasteiger partial charge in [0.25, 0.3) is 0 Å². The van der Waals surface area contributed by atoms with Crippen LogP contribution in [0.5, 0.6) is 5.75 Å². The van der Waals surface area contributed by atoms with Gasteiger partial charge in [-0.2, -0.15) is 0 Å². The molecule has 2 rings (SSSR count). The highest BCUT2D eigenvalue weighted by molar-refractivity contribution is 7.80. The van der Waals surface area contributed by atoms with Crippen LogP contribution in [0.4, 0.5) is 5.69 Å². The van der Waals surface area contributed by atoms with Crippen LogP contribution in [0.1, 0.15) is 36.6 Å². The molecular formula is C19H24N2OS. The van der Waals surface area contributed by atoms with E-state index in [4.69, 9.17) is 17.0 Å². The Hall–Kier alpha value is -2.07. The lowest BCUT2D eigenvalue weighted by Crippen LogP contribution is -2.31. The van der Waals surface area contributed by atoms with E-state index in [9.17, 15) is 0 Å². The van der Waals surface area contributed by atoms with Crippen molar-refractivity contribution < 1.29 is 4.74 Å². The molecule has 0 saturated heterocycles. The van der Waals surface area contributed by atoms with Crippen LogP contribution in [0.3, 0.4) is 0 Å². The molecule has 23 heavy (non-hydrogen) atoms. The zero-order chi connectivity index (χ0) is 16.8. The number of hydrogen-bond donors (Lipinski definition) is 2. The fourth-order valence-corrected chi connectivity index (χ4v) is 2.80. The number of thiocarbonyl (C=S) groups is 1. The lowest BCUT2D eigenvalue weighted by Gasteiger charge is -2.20. The average molecular weight is 328 g/mol. The lowest BCUT2D eigenvalue weighted by molar-refractivity contribution is 0.342. The normalized spacial score (nSPS) is 11.7. The van der Waals surface area contributed by atoms with Crippen LogP contribution in [-0.4, -0.2) is 11.7 Å². The van der Waals surface area contributed by atoms with Crippen LogP contribution in [0, 0.1) is 13.8 Å². The van der Waals surface area contributed by atoms with E-state index < -0.39 is 0 Å². The zero-order valence-corrected chi connectivity index (χ0v) is 15.0. The lowest BCUT2D eigenvalue weighted by atomic mass is 10.0. The summed E-state index contributed by atoms with van der Waals surface area (Å²) in [4.78, 5) is 0. The van der Waals surface area contributed by atoms with Gasteiger partial charge in [-0.15, -0.1) is 0 Å².